The van der Waals surface area contributed by atoms with Gasteiger partial charge < -0.3 is 10.6 Å². The molecule has 2 heteroatoms. The van der Waals surface area contributed by atoms with Gasteiger partial charge in [-0.3, -0.25) is 0 Å². The fraction of sp³-hybridized carbons (Fsp3) is 0.600. The summed E-state index contributed by atoms with van der Waals surface area (Å²) in [5, 5.41) is 0. The summed E-state index contributed by atoms with van der Waals surface area (Å²) in [7, 11) is 0. The van der Waals surface area contributed by atoms with Gasteiger partial charge in [-0.2, -0.15) is 0 Å². The van der Waals surface area contributed by atoms with Crippen LogP contribution >= 0.6 is 0 Å². The third kappa shape index (κ3) is 2.63. The van der Waals surface area contributed by atoms with Crippen molar-refractivity contribution in [3.8, 4) is 0 Å². The van der Waals surface area contributed by atoms with Gasteiger partial charge in [0.1, 0.15) is 0 Å². The van der Waals surface area contributed by atoms with Gasteiger partial charge in [0.15, 0.2) is 0 Å². The summed E-state index contributed by atoms with van der Waals surface area (Å²) in [4.78, 5) is 2.50. The number of nitrogens with two attached hydrogens (primary N) is 1. The number of hydrogen-bond donors (Lipinski definition) is 1. The molecule has 1 aromatic rings. The van der Waals surface area contributed by atoms with E-state index < -0.39 is 0 Å². The lowest BCUT2D eigenvalue weighted by molar-refractivity contribution is 0.585. The van der Waals surface area contributed by atoms with Gasteiger partial charge in [-0.15, -0.1) is 0 Å². The Morgan fingerprint density at radius 3 is 2.59 bits per heavy atom. The highest BCUT2D eigenvalue weighted by molar-refractivity contribution is 5.57. The molecule has 2 nitrogen and oxygen atoms in total. The molecule has 0 saturated carbocycles. The van der Waals surface area contributed by atoms with E-state index in [9.17, 15) is 0 Å². The molecule has 0 radical (unpaired) electrons. The maximum atomic E-state index is 5.77. The van der Waals surface area contributed by atoms with Crippen molar-refractivity contribution in [2.45, 2.75) is 32.6 Å². The van der Waals surface area contributed by atoms with Crippen LogP contribution in [0.4, 0.5) is 5.69 Å². The number of rotatable bonds is 2. The van der Waals surface area contributed by atoms with Crippen molar-refractivity contribution in [3.63, 3.8) is 0 Å². The van der Waals surface area contributed by atoms with Crippen LogP contribution in [0.15, 0.2) is 24.3 Å². The maximum absolute atomic E-state index is 5.77. The monoisotopic (exact) mass is 232 g/mol. The predicted molar refractivity (Wildman–Crippen MR) is 74.5 cm³/mol. The van der Waals surface area contributed by atoms with Crippen LogP contribution in [0.2, 0.25) is 0 Å². The van der Waals surface area contributed by atoms with Crippen molar-refractivity contribution in [1.29, 1.82) is 0 Å². The van der Waals surface area contributed by atoms with E-state index in [0.29, 0.717) is 5.92 Å². The van der Waals surface area contributed by atoms with Crippen molar-refractivity contribution in [2.75, 3.05) is 24.5 Å². The first-order valence-corrected chi connectivity index (χ1v) is 6.57. The third-order valence-electron chi connectivity index (χ3n) is 3.67. The molecule has 1 unspecified atom stereocenters. The predicted octanol–water partition coefficient (Wildman–Crippen LogP) is 2.77. The Kier molecular flexibility index (Phi) is 3.43. The lowest BCUT2D eigenvalue weighted by atomic mass is 9.85. The van der Waals surface area contributed by atoms with Gasteiger partial charge in [0.05, 0.1) is 0 Å². The highest BCUT2D eigenvalue weighted by Gasteiger charge is 2.26. The van der Waals surface area contributed by atoms with Crippen LogP contribution in [0, 0.1) is 5.92 Å². The highest BCUT2D eigenvalue weighted by atomic mass is 15.2. The fourth-order valence-corrected chi connectivity index (χ4v) is 2.63. The quantitative estimate of drug-likeness (QED) is 0.849. The second kappa shape index (κ2) is 4.69. The van der Waals surface area contributed by atoms with Gasteiger partial charge in [0.2, 0.25) is 0 Å². The molecule has 0 spiro atoms. The molecule has 1 aliphatic rings. The lowest BCUT2D eigenvalue weighted by Gasteiger charge is -2.28. The Morgan fingerprint density at radius 1 is 1.29 bits per heavy atom. The van der Waals surface area contributed by atoms with E-state index in [1.54, 1.807) is 0 Å². The van der Waals surface area contributed by atoms with Crippen LogP contribution in [-0.2, 0) is 5.41 Å². The molecule has 2 rings (SSSR count). The average Bonchev–Trinajstić information content (AvgIpc) is 2.76. The molecular formula is C15H24N2. The molecule has 17 heavy (non-hydrogen) atoms. The topological polar surface area (TPSA) is 29.3 Å². The molecule has 94 valence electrons. The van der Waals surface area contributed by atoms with Gasteiger partial charge in [0, 0.05) is 18.8 Å². The van der Waals surface area contributed by atoms with Crippen LogP contribution in [0.1, 0.15) is 32.8 Å². The molecule has 0 aromatic heterocycles. The zero-order chi connectivity index (χ0) is 12.5. The van der Waals surface area contributed by atoms with Crippen LogP contribution < -0.4 is 10.6 Å². The van der Waals surface area contributed by atoms with Gasteiger partial charge >= 0.3 is 0 Å². The Hall–Kier alpha value is -1.02. The molecule has 1 saturated heterocycles. The normalized spacial score (nSPS) is 20.9. The van der Waals surface area contributed by atoms with E-state index in [1.807, 2.05) is 0 Å². The second-order valence-electron chi connectivity index (χ2n) is 6.10. The van der Waals surface area contributed by atoms with E-state index >= 15 is 0 Å². The number of nitrogens with zero attached hydrogens (tertiary/aromatic N) is 1. The van der Waals surface area contributed by atoms with E-state index in [2.05, 4.69) is 49.9 Å². The van der Waals surface area contributed by atoms with Crippen molar-refractivity contribution in [1.82, 2.24) is 0 Å². The second-order valence-corrected chi connectivity index (χ2v) is 6.10. The number of para-hydroxylation sites is 1. The largest absolute Gasteiger partial charge is 0.371 e. The lowest BCUT2D eigenvalue weighted by Crippen LogP contribution is -2.26. The van der Waals surface area contributed by atoms with Crippen LogP contribution in [0.3, 0.4) is 0 Å². The maximum Gasteiger partial charge on any atom is 0.0404 e. The SMILES string of the molecule is CC(C)(C)c1ccccc1N1CCC(CN)C1. The molecule has 1 aromatic carbocycles. The van der Waals surface area contributed by atoms with Gasteiger partial charge in [-0.1, -0.05) is 39.0 Å². The van der Waals surface area contributed by atoms with Crippen LogP contribution in [-0.4, -0.2) is 19.6 Å². The third-order valence-corrected chi connectivity index (χ3v) is 3.67. The Morgan fingerprint density at radius 2 is 2.00 bits per heavy atom. The zero-order valence-corrected chi connectivity index (χ0v) is 11.2. The van der Waals surface area contributed by atoms with E-state index in [4.69, 9.17) is 5.73 Å². The summed E-state index contributed by atoms with van der Waals surface area (Å²) < 4.78 is 0. The molecule has 0 bridgehead atoms. The van der Waals surface area contributed by atoms with Gasteiger partial charge in [-0.25, -0.2) is 0 Å². The summed E-state index contributed by atoms with van der Waals surface area (Å²) in [6, 6.07) is 8.78. The Labute approximate surface area is 105 Å². The van der Waals surface area contributed by atoms with Crippen molar-refractivity contribution < 1.29 is 0 Å². The smallest absolute Gasteiger partial charge is 0.0404 e. The van der Waals surface area contributed by atoms with E-state index in [-0.39, 0.29) is 5.41 Å². The fourth-order valence-electron chi connectivity index (χ4n) is 2.63. The van der Waals surface area contributed by atoms with Crippen molar-refractivity contribution in [2.24, 2.45) is 11.7 Å². The summed E-state index contributed by atoms with van der Waals surface area (Å²) in [6.45, 7) is 9.92. The van der Waals surface area contributed by atoms with Crippen molar-refractivity contribution >= 4 is 5.69 Å². The average molecular weight is 232 g/mol. The number of hydrogen-bond acceptors (Lipinski definition) is 2. The van der Waals surface area contributed by atoms with Gasteiger partial charge in [-0.05, 0) is 35.9 Å². The highest BCUT2D eigenvalue weighted by Crippen LogP contribution is 2.34. The summed E-state index contributed by atoms with van der Waals surface area (Å²) in [6.07, 6.45) is 1.23. The molecule has 1 fully saturated rings. The minimum Gasteiger partial charge on any atom is -0.371 e. The Bertz CT molecular complexity index is 379. The van der Waals surface area contributed by atoms with Gasteiger partial charge in [0.25, 0.3) is 0 Å². The first-order valence-electron chi connectivity index (χ1n) is 6.57. The summed E-state index contributed by atoms with van der Waals surface area (Å²) in [5.41, 5.74) is 8.82. The van der Waals surface area contributed by atoms with Crippen molar-refractivity contribution in [3.05, 3.63) is 29.8 Å². The summed E-state index contributed by atoms with van der Waals surface area (Å²) >= 11 is 0. The molecule has 2 N–H and O–H groups in total. The molecule has 1 aliphatic heterocycles. The molecule has 0 amide bonds. The Balaban J connectivity index is 2.27. The van der Waals surface area contributed by atoms with E-state index in [0.717, 1.165) is 19.6 Å². The molecule has 1 heterocycles. The van der Waals surface area contributed by atoms with Crippen LogP contribution in [0.25, 0.3) is 0 Å². The van der Waals surface area contributed by atoms with E-state index in [1.165, 1.54) is 17.7 Å². The standard InChI is InChI=1S/C15H24N2/c1-15(2,3)13-6-4-5-7-14(13)17-9-8-12(10-16)11-17/h4-7,12H,8-11,16H2,1-3H3. The first-order chi connectivity index (χ1) is 8.02. The molecular weight excluding hydrogens is 208 g/mol. The minimum absolute atomic E-state index is 0.206. The molecule has 1 atom stereocenters. The number of benzene rings is 1. The number of anilines is 1. The first kappa shape index (κ1) is 12.4. The zero-order valence-electron chi connectivity index (χ0n) is 11.2. The molecule has 0 aliphatic carbocycles. The van der Waals surface area contributed by atoms with Crippen LogP contribution in [0.5, 0.6) is 0 Å². The minimum atomic E-state index is 0.206. The summed E-state index contributed by atoms with van der Waals surface area (Å²) in [5.74, 6) is 0.669.